The minimum absolute atomic E-state index is 0.208. The molecule has 4 heteroatoms. The molecule has 170 valence electrons. The van der Waals surface area contributed by atoms with Crippen LogP contribution in [0.4, 0.5) is 10.1 Å². The number of aromatic nitrogens is 1. The number of anilines is 1. The monoisotopic (exact) mass is 434 g/mol. The lowest BCUT2D eigenvalue weighted by atomic mass is 10.0. The Morgan fingerprint density at radius 1 is 0.906 bits per heavy atom. The molecule has 0 atom stereocenters. The average molecular weight is 435 g/mol. The van der Waals surface area contributed by atoms with E-state index >= 15 is 4.39 Å². The third-order valence-electron chi connectivity index (χ3n) is 6.26. The van der Waals surface area contributed by atoms with Crippen LogP contribution >= 0.6 is 0 Å². The van der Waals surface area contributed by atoms with Gasteiger partial charge >= 0.3 is 0 Å². The zero-order chi connectivity index (χ0) is 22.9. The molecule has 3 aromatic rings. The Balaban J connectivity index is 1.75. The SMILES string of the molecule is CCN(CC)CCC[n+]1ccc(/C(F)=C/c2cccc3cc(N(CC)CC)ccc23)cc1. The Morgan fingerprint density at radius 3 is 2.28 bits per heavy atom. The fourth-order valence-electron chi connectivity index (χ4n) is 4.21. The first-order valence-electron chi connectivity index (χ1n) is 12.0. The zero-order valence-electron chi connectivity index (χ0n) is 20.0. The number of nitrogens with zero attached hydrogens (tertiary/aromatic N) is 3. The first kappa shape index (κ1) is 23.9. The number of rotatable bonds is 11. The first-order valence-corrected chi connectivity index (χ1v) is 12.0. The van der Waals surface area contributed by atoms with E-state index in [2.05, 4.69) is 66.3 Å². The van der Waals surface area contributed by atoms with Gasteiger partial charge in [0.05, 0.1) is 0 Å². The quantitative estimate of drug-likeness (QED) is 0.334. The topological polar surface area (TPSA) is 10.4 Å². The summed E-state index contributed by atoms with van der Waals surface area (Å²) in [5.74, 6) is -0.208. The molecule has 0 fully saturated rings. The number of benzene rings is 2. The van der Waals surface area contributed by atoms with Gasteiger partial charge in [-0.05, 0) is 61.5 Å². The van der Waals surface area contributed by atoms with Crippen LogP contribution in [0.1, 0.15) is 45.2 Å². The van der Waals surface area contributed by atoms with E-state index in [9.17, 15) is 0 Å². The molecule has 1 heterocycles. The summed E-state index contributed by atoms with van der Waals surface area (Å²) in [7, 11) is 0. The predicted molar refractivity (Wildman–Crippen MR) is 136 cm³/mol. The molecule has 0 saturated carbocycles. The van der Waals surface area contributed by atoms with Crippen molar-refractivity contribution < 1.29 is 8.96 Å². The van der Waals surface area contributed by atoms with E-state index in [0.29, 0.717) is 5.56 Å². The van der Waals surface area contributed by atoms with E-state index in [4.69, 9.17) is 0 Å². The first-order chi connectivity index (χ1) is 15.6. The molecule has 0 aliphatic carbocycles. The number of pyridine rings is 1. The fourth-order valence-corrected chi connectivity index (χ4v) is 4.21. The molecule has 1 aromatic heterocycles. The lowest BCUT2D eigenvalue weighted by Crippen LogP contribution is -2.35. The van der Waals surface area contributed by atoms with Gasteiger partial charge < -0.3 is 9.80 Å². The lowest BCUT2D eigenvalue weighted by molar-refractivity contribution is -0.697. The van der Waals surface area contributed by atoms with Gasteiger partial charge in [-0.2, -0.15) is 0 Å². The van der Waals surface area contributed by atoms with E-state index in [1.165, 1.54) is 5.69 Å². The van der Waals surface area contributed by atoms with Gasteiger partial charge in [0.1, 0.15) is 12.4 Å². The molecule has 0 spiro atoms. The van der Waals surface area contributed by atoms with Crippen LogP contribution in [-0.4, -0.2) is 37.6 Å². The highest BCUT2D eigenvalue weighted by molar-refractivity contribution is 5.95. The molecule has 0 aliphatic heterocycles. The number of halogens is 1. The summed E-state index contributed by atoms with van der Waals surface area (Å²) in [5.41, 5.74) is 2.72. The molecule has 3 rings (SSSR count). The van der Waals surface area contributed by atoms with Crippen molar-refractivity contribution in [3.63, 3.8) is 0 Å². The van der Waals surface area contributed by atoms with Crippen LogP contribution in [-0.2, 0) is 6.54 Å². The van der Waals surface area contributed by atoms with Crippen LogP contribution in [0.5, 0.6) is 0 Å². The third kappa shape index (κ3) is 5.95. The molecule has 0 bridgehead atoms. The summed E-state index contributed by atoms with van der Waals surface area (Å²) in [6, 6.07) is 16.3. The largest absolute Gasteiger partial charge is 0.372 e. The summed E-state index contributed by atoms with van der Waals surface area (Å²) in [6.07, 6.45) is 6.70. The molecular weight excluding hydrogens is 397 g/mol. The van der Waals surface area contributed by atoms with Crippen LogP contribution in [0.15, 0.2) is 60.9 Å². The van der Waals surface area contributed by atoms with Crippen molar-refractivity contribution in [2.24, 2.45) is 0 Å². The molecule has 0 aliphatic rings. The lowest BCUT2D eigenvalue weighted by Gasteiger charge is -2.21. The minimum atomic E-state index is -0.208. The van der Waals surface area contributed by atoms with Crippen molar-refractivity contribution in [2.75, 3.05) is 37.6 Å². The van der Waals surface area contributed by atoms with E-state index in [-0.39, 0.29) is 5.83 Å². The van der Waals surface area contributed by atoms with Crippen LogP contribution in [0.3, 0.4) is 0 Å². The van der Waals surface area contributed by atoms with Gasteiger partial charge in [-0.1, -0.05) is 38.1 Å². The average Bonchev–Trinajstić information content (AvgIpc) is 2.83. The Labute approximate surface area is 192 Å². The Bertz CT molecular complexity index is 1020. The van der Waals surface area contributed by atoms with Gasteiger partial charge in [-0.25, -0.2) is 8.96 Å². The van der Waals surface area contributed by atoms with E-state index in [1.54, 1.807) is 6.08 Å². The third-order valence-corrected chi connectivity index (χ3v) is 6.26. The van der Waals surface area contributed by atoms with Crippen LogP contribution in [0.2, 0.25) is 0 Å². The van der Waals surface area contributed by atoms with Gasteiger partial charge in [-0.15, -0.1) is 0 Å². The second-order valence-corrected chi connectivity index (χ2v) is 8.12. The van der Waals surface area contributed by atoms with Gasteiger partial charge in [0.25, 0.3) is 0 Å². The maximum absolute atomic E-state index is 15.1. The molecule has 3 nitrogen and oxygen atoms in total. The molecule has 0 saturated heterocycles. The van der Waals surface area contributed by atoms with Crippen molar-refractivity contribution in [1.82, 2.24) is 4.90 Å². The number of fused-ring (bicyclic) bond motifs is 1. The number of aryl methyl sites for hydroxylation is 1. The number of hydrogen-bond acceptors (Lipinski definition) is 2. The fraction of sp³-hybridized carbons (Fsp3) is 0.393. The van der Waals surface area contributed by atoms with Crippen LogP contribution in [0.25, 0.3) is 22.7 Å². The number of hydrogen-bond donors (Lipinski definition) is 0. The van der Waals surface area contributed by atoms with E-state index in [1.807, 2.05) is 36.7 Å². The van der Waals surface area contributed by atoms with Crippen molar-refractivity contribution in [3.8, 4) is 0 Å². The van der Waals surface area contributed by atoms with E-state index < -0.39 is 0 Å². The highest BCUT2D eigenvalue weighted by atomic mass is 19.1. The highest BCUT2D eigenvalue weighted by Gasteiger charge is 2.09. The van der Waals surface area contributed by atoms with Gasteiger partial charge in [0.2, 0.25) is 0 Å². The minimum Gasteiger partial charge on any atom is -0.372 e. The Hall–Kier alpha value is -2.72. The van der Waals surface area contributed by atoms with Gasteiger partial charge in [-0.3, -0.25) is 0 Å². The van der Waals surface area contributed by atoms with Crippen molar-refractivity contribution >= 4 is 28.4 Å². The molecule has 0 unspecified atom stereocenters. The maximum Gasteiger partial charge on any atom is 0.169 e. The normalized spacial score (nSPS) is 12.0. The zero-order valence-corrected chi connectivity index (χ0v) is 20.0. The predicted octanol–water partition coefficient (Wildman–Crippen LogP) is 6.17. The standard InChI is InChI=1S/C28H37FN3/c1-5-30(6-2)17-10-18-31-19-15-23(16-20-31)28(29)22-25-12-9-11-24-21-26(13-14-27(24)25)32(7-3)8-4/h9,11-16,19-22H,5-8,10,17-18H2,1-4H3/q+1/b28-22-. The maximum atomic E-state index is 15.1. The summed E-state index contributed by atoms with van der Waals surface area (Å²) in [4.78, 5) is 4.75. The second-order valence-electron chi connectivity index (χ2n) is 8.12. The van der Waals surface area contributed by atoms with E-state index in [0.717, 1.165) is 62.0 Å². The molecular formula is C28H37FN3+. The summed E-state index contributed by atoms with van der Waals surface area (Å²) >= 11 is 0. The smallest absolute Gasteiger partial charge is 0.169 e. The van der Waals surface area contributed by atoms with Gasteiger partial charge in [0.15, 0.2) is 12.4 Å². The summed E-state index contributed by atoms with van der Waals surface area (Å²) < 4.78 is 17.2. The molecule has 0 radical (unpaired) electrons. The second kappa shape index (κ2) is 11.8. The van der Waals surface area contributed by atoms with Crippen LogP contribution < -0.4 is 9.47 Å². The summed E-state index contributed by atoms with van der Waals surface area (Å²) in [5, 5.41) is 2.20. The Morgan fingerprint density at radius 2 is 1.62 bits per heavy atom. The van der Waals surface area contributed by atoms with Crippen LogP contribution in [0, 0.1) is 0 Å². The van der Waals surface area contributed by atoms with Gasteiger partial charge in [0, 0.05) is 49.4 Å². The Kier molecular flexibility index (Phi) is 8.81. The summed E-state index contributed by atoms with van der Waals surface area (Å²) in [6.45, 7) is 14.9. The molecule has 0 amide bonds. The van der Waals surface area contributed by atoms with Crippen molar-refractivity contribution in [3.05, 3.63) is 72.1 Å². The highest BCUT2D eigenvalue weighted by Crippen LogP contribution is 2.28. The van der Waals surface area contributed by atoms with Crippen molar-refractivity contribution in [2.45, 2.75) is 40.7 Å². The van der Waals surface area contributed by atoms with Crippen molar-refractivity contribution in [1.29, 1.82) is 0 Å². The molecule has 32 heavy (non-hydrogen) atoms. The molecule has 2 aromatic carbocycles. The molecule has 0 N–H and O–H groups in total.